The number of likely N-dealkylation sites (N-methyl/N-ethyl adjacent to an activating group) is 1. The van der Waals surface area contributed by atoms with Gasteiger partial charge in [-0.15, -0.1) is 0 Å². The SMILES string of the molecule is CCCCCCCCOC[C@@H](CN(C)C)OCCCCCCCCO[C@H]1CC[C@@]2(C)C(=CCC3C2CC[C@@]2(C)C3CC[C@@H]2[C@H](C)CCCC(C)C)C1. The molecule has 0 amide bonds. The quantitative estimate of drug-likeness (QED) is 0.0623. The van der Waals surface area contributed by atoms with Crippen LogP contribution in [0.3, 0.4) is 0 Å². The van der Waals surface area contributed by atoms with Crippen LogP contribution in [0.4, 0.5) is 0 Å². The topological polar surface area (TPSA) is 30.9 Å². The van der Waals surface area contributed by atoms with Crippen LogP contribution in [0.15, 0.2) is 11.6 Å². The lowest BCUT2D eigenvalue weighted by atomic mass is 9.47. The molecular formula is C48H89NO3. The number of ether oxygens (including phenoxy) is 3. The van der Waals surface area contributed by atoms with Crippen molar-refractivity contribution in [2.45, 2.75) is 201 Å². The van der Waals surface area contributed by atoms with Crippen LogP contribution < -0.4 is 0 Å². The molecule has 3 unspecified atom stereocenters. The van der Waals surface area contributed by atoms with Crippen LogP contribution >= 0.6 is 0 Å². The zero-order valence-electron chi connectivity index (χ0n) is 36.2. The number of nitrogens with zero attached hydrogens (tertiary/aromatic N) is 1. The summed E-state index contributed by atoms with van der Waals surface area (Å²) in [6.07, 6.45) is 34.3. The molecule has 0 N–H and O–H groups in total. The normalized spacial score (nSPS) is 31.3. The number of unbranched alkanes of at least 4 members (excludes halogenated alkanes) is 10. The standard InChI is InChI=1S/C48H89NO3/c1-9-10-11-12-15-18-32-50-37-42(36-49(7)8)52-34-20-17-14-13-16-19-33-51-41-28-30-47(5)40(35-41)24-25-43-45-27-26-44(39(4)23-21-22-38(2)3)48(45,6)31-29-46(43)47/h24,38-39,41-46H,9-23,25-37H2,1-8H3/t39-,41+,42-,43?,44-,45?,46?,47+,48-/m1/s1. The van der Waals surface area contributed by atoms with Gasteiger partial charge in [-0.05, 0) is 131 Å². The van der Waals surface area contributed by atoms with E-state index >= 15 is 0 Å². The van der Waals surface area contributed by atoms with Gasteiger partial charge in [0.2, 0.25) is 0 Å². The van der Waals surface area contributed by atoms with Crippen molar-refractivity contribution in [1.29, 1.82) is 0 Å². The maximum Gasteiger partial charge on any atom is 0.0934 e. The molecule has 4 nitrogen and oxygen atoms in total. The van der Waals surface area contributed by atoms with Gasteiger partial charge in [-0.1, -0.05) is 130 Å². The molecule has 52 heavy (non-hydrogen) atoms. The van der Waals surface area contributed by atoms with E-state index < -0.39 is 0 Å². The van der Waals surface area contributed by atoms with Gasteiger partial charge in [0.15, 0.2) is 0 Å². The van der Waals surface area contributed by atoms with Gasteiger partial charge in [0.25, 0.3) is 0 Å². The number of allylic oxidation sites excluding steroid dienone is 1. The van der Waals surface area contributed by atoms with E-state index in [9.17, 15) is 0 Å². The first-order valence-corrected chi connectivity index (χ1v) is 23.2. The third-order valence-electron chi connectivity index (χ3n) is 15.0. The number of hydrogen-bond acceptors (Lipinski definition) is 4. The minimum Gasteiger partial charge on any atom is -0.379 e. The third kappa shape index (κ3) is 13.1. The molecule has 0 spiro atoms. The van der Waals surface area contributed by atoms with Gasteiger partial charge in [-0.25, -0.2) is 0 Å². The van der Waals surface area contributed by atoms with Crippen LogP contribution in [-0.2, 0) is 14.2 Å². The summed E-state index contributed by atoms with van der Waals surface area (Å²) in [5, 5.41) is 0. The van der Waals surface area contributed by atoms with Crippen LogP contribution in [-0.4, -0.2) is 64.2 Å². The lowest BCUT2D eigenvalue weighted by molar-refractivity contribution is -0.0641. The summed E-state index contributed by atoms with van der Waals surface area (Å²) in [5.74, 6) is 5.50. The Morgan fingerprint density at radius 1 is 0.750 bits per heavy atom. The number of rotatable bonds is 27. The molecule has 0 bridgehead atoms. The van der Waals surface area contributed by atoms with Gasteiger partial charge in [0, 0.05) is 26.4 Å². The van der Waals surface area contributed by atoms with E-state index in [0.29, 0.717) is 16.9 Å². The maximum absolute atomic E-state index is 6.58. The van der Waals surface area contributed by atoms with Gasteiger partial charge in [-0.3, -0.25) is 0 Å². The molecule has 9 atom stereocenters. The van der Waals surface area contributed by atoms with Gasteiger partial charge in [0.05, 0.1) is 18.8 Å². The van der Waals surface area contributed by atoms with E-state index in [4.69, 9.17) is 14.2 Å². The molecule has 0 aromatic heterocycles. The third-order valence-corrected chi connectivity index (χ3v) is 15.0. The Morgan fingerprint density at radius 2 is 1.44 bits per heavy atom. The maximum atomic E-state index is 6.58. The summed E-state index contributed by atoms with van der Waals surface area (Å²) in [6.45, 7) is 19.4. The van der Waals surface area contributed by atoms with Crippen LogP contribution in [0.5, 0.6) is 0 Å². The van der Waals surface area contributed by atoms with Crippen LogP contribution in [0.25, 0.3) is 0 Å². The first kappa shape index (κ1) is 44.3. The summed E-state index contributed by atoms with van der Waals surface area (Å²) in [7, 11) is 4.26. The van der Waals surface area contributed by atoms with Gasteiger partial charge < -0.3 is 19.1 Å². The monoisotopic (exact) mass is 728 g/mol. The fourth-order valence-corrected chi connectivity index (χ4v) is 12.0. The van der Waals surface area contributed by atoms with E-state index in [1.54, 1.807) is 5.57 Å². The molecule has 0 heterocycles. The Labute approximate surface area is 324 Å². The Morgan fingerprint density at radius 3 is 2.15 bits per heavy atom. The first-order valence-electron chi connectivity index (χ1n) is 23.2. The van der Waals surface area contributed by atoms with Crippen molar-refractivity contribution in [2.24, 2.45) is 46.3 Å². The van der Waals surface area contributed by atoms with E-state index in [0.717, 1.165) is 74.9 Å². The molecule has 0 saturated heterocycles. The molecule has 4 aliphatic carbocycles. The second kappa shape index (κ2) is 23.0. The number of hydrogen-bond donors (Lipinski definition) is 0. The van der Waals surface area contributed by atoms with E-state index in [1.807, 2.05) is 0 Å². The summed E-state index contributed by atoms with van der Waals surface area (Å²) < 4.78 is 18.8. The highest BCUT2D eigenvalue weighted by Gasteiger charge is 2.59. The molecule has 0 aliphatic heterocycles. The van der Waals surface area contributed by atoms with Crippen molar-refractivity contribution in [3.05, 3.63) is 11.6 Å². The number of fused-ring (bicyclic) bond motifs is 5. The van der Waals surface area contributed by atoms with Gasteiger partial charge >= 0.3 is 0 Å². The molecule has 0 aromatic carbocycles. The minimum atomic E-state index is 0.187. The molecule has 4 rings (SSSR count). The average Bonchev–Trinajstić information content (AvgIpc) is 3.47. The minimum absolute atomic E-state index is 0.187. The van der Waals surface area contributed by atoms with Crippen LogP contribution in [0.1, 0.15) is 189 Å². The van der Waals surface area contributed by atoms with Gasteiger partial charge in [-0.2, -0.15) is 0 Å². The fourth-order valence-electron chi connectivity index (χ4n) is 12.0. The van der Waals surface area contributed by atoms with Crippen molar-refractivity contribution in [1.82, 2.24) is 4.90 Å². The van der Waals surface area contributed by atoms with Gasteiger partial charge in [0.1, 0.15) is 0 Å². The van der Waals surface area contributed by atoms with Crippen LogP contribution in [0.2, 0.25) is 0 Å². The van der Waals surface area contributed by atoms with E-state index in [-0.39, 0.29) is 6.10 Å². The highest BCUT2D eigenvalue weighted by molar-refractivity contribution is 5.25. The van der Waals surface area contributed by atoms with Crippen molar-refractivity contribution < 1.29 is 14.2 Å². The van der Waals surface area contributed by atoms with Crippen molar-refractivity contribution in [3.63, 3.8) is 0 Å². The Kier molecular flexibility index (Phi) is 19.6. The summed E-state index contributed by atoms with van der Waals surface area (Å²) in [4.78, 5) is 2.22. The molecule has 3 fully saturated rings. The summed E-state index contributed by atoms with van der Waals surface area (Å²) in [6, 6.07) is 0. The highest BCUT2D eigenvalue weighted by Crippen LogP contribution is 2.67. The van der Waals surface area contributed by atoms with E-state index in [2.05, 4.69) is 66.6 Å². The average molecular weight is 728 g/mol. The van der Waals surface area contributed by atoms with Crippen molar-refractivity contribution in [3.8, 4) is 0 Å². The molecule has 4 aliphatic rings. The first-order chi connectivity index (χ1) is 25.1. The highest BCUT2D eigenvalue weighted by atomic mass is 16.5. The molecule has 304 valence electrons. The fraction of sp³-hybridized carbons (Fsp3) is 0.958. The molecule has 3 saturated carbocycles. The van der Waals surface area contributed by atoms with E-state index in [1.165, 1.54) is 141 Å². The summed E-state index contributed by atoms with van der Waals surface area (Å²) >= 11 is 0. The largest absolute Gasteiger partial charge is 0.379 e. The second-order valence-corrected chi connectivity index (χ2v) is 19.7. The lowest BCUT2D eigenvalue weighted by Crippen LogP contribution is -2.51. The molecule has 0 aromatic rings. The smallest absolute Gasteiger partial charge is 0.0934 e. The molecular weight excluding hydrogens is 639 g/mol. The van der Waals surface area contributed by atoms with Crippen LogP contribution in [0, 0.1) is 46.3 Å². The second-order valence-electron chi connectivity index (χ2n) is 19.7. The predicted octanol–water partition coefficient (Wildman–Crippen LogP) is 13.1. The summed E-state index contributed by atoms with van der Waals surface area (Å²) in [5.41, 5.74) is 2.80. The zero-order chi connectivity index (χ0) is 37.4. The Balaban J connectivity index is 1.07. The van der Waals surface area contributed by atoms with Crippen molar-refractivity contribution >= 4 is 0 Å². The Bertz CT molecular complexity index is 994. The Hall–Kier alpha value is -0.420. The predicted molar refractivity (Wildman–Crippen MR) is 223 cm³/mol. The van der Waals surface area contributed by atoms with Crippen molar-refractivity contribution in [2.75, 3.05) is 47.1 Å². The molecule has 4 heteroatoms. The zero-order valence-corrected chi connectivity index (χ0v) is 36.2. The lowest BCUT2D eigenvalue weighted by Gasteiger charge is -2.58. The molecule has 0 radical (unpaired) electrons.